The lowest BCUT2D eigenvalue weighted by Gasteiger charge is -2.21. The molecule has 1 aromatic rings. The summed E-state index contributed by atoms with van der Waals surface area (Å²) in [5.41, 5.74) is 1.84. The van der Waals surface area contributed by atoms with Gasteiger partial charge in [-0.1, -0.05) is 26.0 Å². The number of carbonyl (C=O) groups excluding carboxylic acids is 1. The van der Waals surface area contributed by atoms with Gasteiger partial charge in [-0.3, -0.25) is 9.79 Å². The van der Waals surface area contributed by atoms with Crippen LogP contribution in [-0.4, -0.2) is 63.7 Å². The number of hydrogen-bond donors (Lipinski definition) is 2. The van der Waals surface area contributed by atoms with Crippen molar-refractivity contribution in [3.63, 3.8) is 0 Å². The van der Waals surface area contributed by atoms with E-state index in [9.17, 15) is 4.79 Å². The molecule has 0 fully saturated rings. The molecule has 0 saturated carbocycles. The third-order valence-corrected chi connectivity index (χ3v) is 4.36. The zero-order chi connectivity index (χ0) is 20.2. The summed E-state index contributed by atoms with van der Waals surface area (Å²) in [7, 11) is 5.30. The van der Waals surface area contributed by atoms with E-state index in [1.165, 1.54) is 0 Å². The highest BCUT2D eigenvalue weighted by atomic mass is 16.5. The van der Waals surface area contributed by atoms with Gasteiger partial charge >= 0.3 is 0 Å². The molecule has 0 heterocycles. The molecule has 1 aromatic carbocycles. The number of hydrogen-bond acceptors (Lipinski definition) is 3. The minimum Gasteiger partial charge on any atom is -0.378 e. The molecule has 0 spiro atoms. The molecule has 1 rings (SSSR count). The van der Waals surface area contributed by atoms with Crippen LogP contribution < -0.4 is 10.6 Å². The molecule has 1 atom stereocenters. The minimum absolute atomic E-state index is 0.0243. The van der Waals surface area contributed by atoms with Crippen molar-refractivity contribution in [2.45, 2.75) is 39.7 Å². The predicted octanol–water partition coefficient (Wildman–Crippen LogP) is 2.55. The third-order valence-electron chi connectivity index (χ3n) is 4.36. The number of carbonyl (C=O) groups is 1. The van der Waals surface area contributed by atoms with Crippen molar-refractivity contribution in [1.29, 1.82) is 0 Å². The quantitative estimate of drug-likeness (QED) is 0.486. The Morgan fingerprint density at radius 1 is 1.22 bits per heavy atom. The van der Waals surface area contributed by atoms with E-state index in [1.54, 1.807) is 26.0 Å². The standard InChI is InChI=1S/C21H36N4O2/c1-7-27-19(16(2)3)12-14-24-21(22-4)23-13-11-17-9-8-10-18(15-17)20(26)25(5)6/h8-10,15-16,19H,7,11-14H2,1-6H3,(H2,22,23,24). The third kappa shape index (κ3) is 8.43. The highest BCUT2D eigenvalue weighted by molar-refractivity contribution is 5.94. The molecular weight excluding hydrogens is 340 g/mol. The van der Waals surface area contributed by atoms with Crippen LogP contribution in [0.1, 0.15) is 43.1 Å². The van der Waals surface area contributed by atoms with Crippen LogP contribution in [0.4, 0.5) is 0 Å². The van der Waals surface area contributed by atoms with Crippen molar-refractivity contribution in [3.05, 3.63) is 35.4 Å². The van der Waals surface area contributed by atoms with Crippen LogP contribution >= 0.6 is 0 Å². The molecule has 2 N–H and O–H groups in total. The van der Waals surface area contributed by atoms with Crippen LogP contribution in [0, 0.1) is 5.92 Å². The van der Waals surface area contributed by atoms with Gasteiger partial charge in [-0.05, 0) is 43.4 Å². The summed E-state index contributed by atoms with van der Waals surface area (Å²) in [6.07, 6.45) is 2.03. The van der Waals surface area contributed by atoms with E-state index < -0.39 is 0 Å². The topological polar surface area (TPSA) is 66.0 Å². The van der Waals surface area contributed by atoms with E-state index in [0.717, 1.165) is 49.6 Å². The van der Waals surface area contributed by atoms with Crippen molar-refractivity contribution in [1.82, 2.24) is 15.5 Å². The number of nitrogens with one attached hydrogen (secondary N) is 2. The van der Waals surface area contributed by atoms with Gasteiger partial charge < -0.3 is 20.3 Å². The van der Waals surface area contributed by atoms with Gasteiger partial charge in [-0.15, -0.1) is 0 Å². The van der Waals surface area contributed by atoms with Gasteiger partial charge in [-0.2, -0.15) is 0 Å². The maximum absolute atomic E-state index is 12.1. The zero-order valence-electron chi connectivity index (χ0n) is 17.7. The van der Waals surface area contributed by atoms with E-state index in [-0.39, 0.29) is 12.0 Å². The van der Waals surface area contributed by atoms with Gasteiger partial charge in [0.05, 0.1) is 6.10 Å². The summed E-state index contributed by atoms with van der Waals surface area (Å²) >= 11 is 0. The lowest BCUT2D eigenvalue weighted by molar-refractivity contribution is 0.0258. The molecule has 6 heteroatoms. The van der Waals surface area contributed by atoms with E-state index in [2.05, 4.69) is 29.5 Å². The molecule has 0 aliphatic rings. The van der Waals surface area contributed by atoms with Gasteiger partial charge in [0.1, 0.15) is 0 Å². The van der Waals surface area contributed by atoms with E-state index >= 15 is 0 Å². The Bertz CT molecular complexity index is 600. The molecule has 6 nitrogen and oxygen atoms in total. The normalized spacial score (nSPS) is 12.8. The fraction of sp³-hybridized carbons (Fsp3) is 0.619. The molecule has 152 valence electrons. The molecule has 0 radical (unpaired) electrons. The number of benzene rings is 1. The average Bonchev–Trinajstić information content (AvgIpc) is 2.65. The Morgan fingerprint density at radius 3 is 2.52 bits per heavy atom. The Morgan fingerprint density at radius 2 is 1.93 bits per heavy atom. The van der Waals surface area contributed by atoms with Crippen molar-refractivity contribution >= 4 is 11.9 Å². The SMILES string of the molecule is CCOC(CCNC(=NC)NCCc1cccc(C(=O)N(C)C)c1)C(C)C. The maximum atomic E-state index is 12.1. The zero-order valence-corrected chi connectivity index (χ0v) is 17.7. The Labute approximate surface area is 164 Å². The van der Waals surface area contributed by atoms with Crippen molar-refractivity contribution in [3.8, 4) is 0 Å². The first-order valence-electron chi connectivity index (χ1n) is 9.75. The van der Waals surface area contributed by atoms with Gasteiger partial charge in [-0.25, -0.2) is 0 Å². The largest absolute Gasteiger partial charge is 0.378 e. The molecule has 0 bridgehead atoms. The number of ether oxygens (including phenoxy) is 1. The van der Waals surface area contributed by atoms with Gasteiger partial charge in [0.25, 0.3) is 5.91 Å². The number of nitrogens with zero attached hydrogens (tertiary/aromatic N) is 2. The fourth-order valence-corrected chi connectivity index (χ4v) is 2.82. The molecule has 0 aliphatic carbocycles. The van der Waals surface area contributed by atoms with Crippen molar-refractivity contribution < 1.29 is 9.53 Å². The molecule has 1 amide bonds. The second-order valence-electron chi connectivity index (χ2n) is 7.10. The summed E-state index contributed by atoms with van der Waals surface area (Å²) in [5.74, 6) is 1.31. The van der Waals surface area contributed by atoms with Gasteiger partial charge in [0.15, 0.2) is 5.96 Å². The second kappa shape index (κ2) is 12.3. The Hall–Kier alpha value is -2.08. The van der Waals surface area contributed by atoms with E-state index in [1.807, 2.05) is 31.2 Å². The summed E-state index contributed by atoms with van der Waals surface area (Å²) in [4.78, 5) is 17.9. The highest BCUT2D eigenvalue weighted by Crippen LogP contribution is 2.10. The van der Waals surface area contributed by atoms with Crippen LogP contribution in [-0.2, 0) is 11.2 Å². The summed E-state index contributed by atoms with van der Waals surface area (Å²) in [6.45, 7) is 8.70. The summed E-state index contributed by atoms with van der Waals surface area (Å²) in [6, 6.07) is 7.78. The first-order valence-corrected chi connectivity index (χ1v) is 9.75. The van der Waals surface area contributed by atoms with E-state index in [0.29, 0.717) is 5.92 Å². The van der Waals surface area contributed by atoms with Crippen LogP contribution in [0.25, 0.3) is 0 Å². The number of amides is 1. The molecule has 27 heavy (non-hydrogen) atoms. The fourth-order valence-electron chi connectivity index (χ4n) is 2.82. The predicted molar refractivity (Wildman–Crippen MR) is 112 cm³/mol. The first-order chi connectivity index (χ1) is 12.9. The molecule has 1 unspecified atom stereocenters. The maximum Gasteiger partial charge on any atom is 0.253 e. The van der Waals surface area contributed by atoms with Crippen LogP contribution in [0.15, 0.2) is 29.3 Å². The molecular formula is C21H36N4O2. The van der Waals surface area contributed by atoms with E-state index in [4.69, 9.17) is 4.74 Å². The van der Waals surface area contributed by atoms with Gasteiger partial charge in [0, 0.05) is 46.4 Å². The summed E-state index contributed by atoms with van der Waals surface area (Å²) < 4.78 is 5.77. The van der Waals surface area contributed by atoms with Crippen molar-refractivity contribution in [2.75, 3.05) is 40.8 Å². The van der Waals surface area contributed by atoms with Crippen LogP contribution in [0.2, 0.25) is 0 Å². The average molecular weight is 377 g/mol. The lowest BCUT2D eigenvalue weighted by Crippen LogP contribution is -2.40. The van der Waals surface area contributed by atoms with Crippen LogP contribution in [0.5, 0.6) is 0 Å². The monoisotopic (exact) mass is 376 g/mol. The van der Waals surface area contributed by atoms with Gasteiger partial charge in [0.2, 0.25) is 0 Å². The molecule has 0 aliphatic heterocycles. The van der Waals surface area contributed by atoms with Crippen LogP contribution in [0.3, 0.4) is 0 Å². The molecule has 0 saturated heterocycles. The lowest BCUT2D eigenvalue weighted by atomic mass is 10.0. The molecule has 0 aromatic heterocycles. The Balaban J connectivity index is 2.43. The smallest absolute Gasteiger partial charge is 0.253 e. The van der Waals surface area contributed by atoms with Crippen molar-refractivity contribution in [2.24, 2.45) is 10.9 Å². The number of rotatable bonds is 10. The minimum atomic E-state index is 0.0243. The number of guanidine groups is 1. The first kappa shape index (κ1) is 23.0. The highest BCUT2D eigenvalue weighted by Gasteiger charge is 2.13. The second-order valence-corrected chi connectivity index (χ2v) is 7.10. The number of aliphatic imine (C=N–C) groups is 1. The summed E-state index contributed by atoms with van der Waals surface area (Å²) in [5, 5.41) is 6.67. The Kier molecular flexibility index (Phi) is 10.5.